The molecule has 0 bridgehead atoms. The third-order valence-electron chi connectivity index (χ3n) is 3.11. The summed E-state index contributed by atoms with van der Waals surface area (Å²) >= 11 is 0. The Morgan fingerprint density at radius 2 is 2.17 bits per heavy atom. The lowest BCUT2D eigenvalue weighted by atomic mass is 9.89. The van der Waals surface area contributed by atoms with Gasteiger partial charge in [-0.1, -0.05) is 0 Å². The Labute approximate surface area is 104 Å². The fourth-order valence-electron chi connectivity index (χ4n) is 1.98. The van der Waals surface area contributed by atoms with Crippen molar-refractivity contribution in [1.82, 2.24) is 5.32 Å². The lowest BCUT2D eigenvalue weighted by Crippen LogP contribution is -2.46. The second kappa shape index (κ2) is 4.73. The first-order chi connectivity index (χ1) is 8.47. The van der Waals surface area contributed by atoms with Crippen LogP contribution in [0.3, 0.4) is 0 Å². The van der Waals surface area contributed by atoms with Gasteiger partial charge < -0.3 is 10.4 Å². The van der Waals surface area contributed by atoms with E-state index in [2.05, 4.69) is 5.32 Å². The maximum absolute atomic E-state index is 11.9. The van der Waals surface area contributed by atoms with E-state index in [1.807, 2.05) is 0 Å². The van der Waals surface area contributed by atoms with Gasteiger partial charge in [-0.25, -0.2) is 0 Å². The van der Waals surface area contributed by atoms with Crippen molar-refractivity contribution < 1.29 is 14.8 Å². The number of carbonyl (C=O) groups excluding carboxylic acids is 1. The highest BCUT2D eigenvalue weighted by Gasteiger charge is 2.29. The molecule has 0 atom stereocenters. The fourth-order valence-corrected chi connectivity index (χ4v) is 1.98. The van der Waals surface area contributed by atoms with E-state index in [9.17, 15) is 14.9 Å². The summed E-state index contributed by atoms with van der Waals surface area (Å²) in [7, 11) is 0. The van der Waals surface area contributed by atoms with E-state index in [-0.39, 0.29) is 23.7 Å². The SMILES string of the molecule is Cc1cc([N+](=O)[O-])ccc1C(=O)NC1CC(O)C1. The summed E-state index contributed by atoms with van der Waals surface area (Å²) in [5.41, 5.74) is 0.978. The van der Waals surface area contributed by atoms with Crippen molar-refractivity contribution in [3.63, 3.8) is 0 Å². The summed E-state index contributed by atoms with van der Waals surface area (Å²) in [4.78, 5) is 22.0. The Morgan fingerprint density at radius 1 is 1.50 bits per heavy atom. The van der Waals surface area contributed by atoms with Gasteiger partial charge in [0.1, 0.15) is 0 Å². The van der Waals surface area contributed by atoms with Crippen LogP contribution < -0.4 is 5.32 Å². The molecule has 18 heavy (non-hydrogen) atoms. The molecule has 1 amide bonds. The number of rotatable bonds is 3. The molecule has 0 saturated heterocycles. The number of carbonyl (C=O) groups is 1. The zero-order valence-corrected chi connectivity index (χ0v) is 9.92. The van der Waals surface area contributed by atoms with Gasteiger partial charge in [0.05, 0.1) is 11.0 Å². The third kappa shape index (κ3) is 2.48. The van der Waals surface area contributed by atoms with Crippen molar-refractivity contribution in [3.8, 4) is 0 Å². The first-order valence-corrected chi connectivity index (χ1v) is 5.71. The molecular formula is C12H14N2O4. The smallest absolute Gasteiger partial charge is 0.269 e. The second-order valence-corrected chi connectivity index (χ2v) is 4.55. The van der Waals surface area contributed by atoms with Crippen molar-refractivity contribution in [2.45, 2.75) is 31.9 Å². The molecule has 0 unspecified atom stereocenters. The number of aryl methyl sites for hydroxylation is 1. The molecule has 1 fully saturated rings. The average molecular weight is 250 g/mol. The van der Waals surface area contributed by atoms with Crippen LogP contribution in [0, 0.1) is 17.0 Å². The van der Waals surface area contributed by atoms with Crippen LogP contribution in [-0.2, 0) is 0 Å². The normalized spacial score (nSPS) is 22.1. The van der Waals surface area contributed by atoms with Crippen molar-refractivity contribution in [2.75, 3.05) is 0 Å². The lowest BCUT2D eigenvalue weighted by Gasteiger charge is -2.32. The van der Waals surface area contributed by atoms with E-state index in [4.69, 9.17) is 5.11 Å². The highest BCUT2D eigenvalue weighted by molar-refractivity contribution is 5.96. The molecule has 1 aromatic carbocycles. The second-order valence-electron chi connectivity index (χ2n) is 4.55. The number of nitro groups is 1. The van der Waals surface area contributed by atoms with Gasteiger partial charge in [-0.2, -0.15) is 0 Å². The largest absolute Gasteiger partial charge is 0.393 e. The molecule has 0 aromatic heterocycles. The van der Waals surface area contributed by atoms with Gasteiger partial charge in [0, 0.05) is 23.7 Å². The van der Waals surface area contributed by atoms with Gasteiger partial charge in [0.2, 0.25) is 0 Å². The number of aliphatic hydroxyl groups is 1. The molecule has 0 spiro atoms. The summed E-state index contributed by atoms with van der Waals surface area (Å²) in [5, 5.41) is 22.5. The zero-order valence-electron chi connectivity index (χ0n) is 9.92. The molecule has 0 heterocycles. The molecule has 0 aliphatic heterocycles. The number of nitrogens with zero attached hydrogens (tertiary/aromatic N) is 1. The van der Waals surface area contributed by atoms with Gasteiger partial charge >= 0.3 is 0 Å². The minimum Gasteiger partial charge on any atom is -0.393 e. The third-order valence-corrected chi connectivity index (χ3v) is 3.11. The number of non-ortho nitro benzene ring substituents is 1. The highest BCUT2D eigenvalue weighted by atomic mass is 16.6. The van der Waals surface area contributed by atoms with Crippen LogP contribution in [0.1, 0.15) is 28.8 Å². The minimum absolute atomic E-state index is 0.00194. The average Bonchev–Trinajstić information content (AvgIpc) is 2.26. The van der Waals surface area contributed by atoms with Crippen LogP contribution in [0.25, 0.3) is 0 Å². The van der Waals surface area contributed by atoms with Crippen molar-refractivity contribution in [2.24, 2.45) is 0 Å². The van der Waals surface area contributed by atoms with Crippen LogP contribution in [0.2, 0.25) is 0 Å². The van der Waals surface area contributed by atoms with E-state index in [1.165, 1.54) is 18.2 Å². The number of hydrogen-bond acceptors (Lipinski definition) is 4. The summed E-state index contributed by atoms with van der Waals surface area (Å²) in [6, 6.07) is 4.15. The zero-order chi connectivity index (χ0) is 13.3. The standard InChI is InChI=1S/C12H14N2O4/c1-7-4-9(14(17)18)2-3-11(7)12(16)13-8-5-10(15)6-8/h2-4,8,10,15H,5-6H2,1H3,(H,13,16). The number of amides is 1. The summed E-state index contributed by atoms with van der Waals surface area (Å²) < 4.78 is 0. The van der Waals surface area contributed by atoms with Crippen molar-refractivity contribution >= 4 is 11.6 Å². The molecule has 6 heteroatoms. The fraction of sp³-hybridized carbons (Fsp3) is 0.417. The van der Waals surface area contributed by atoms with E-state index in [1.54, 1.807) is 6.92 Å². The molecule has 96 valence electrons. The predicted molar refractivity (Wildman–Crippen MR) is 64.3 cm³/mol. The van der Waals surface area contributed by atoms with Gasteiger partial charge in [-0.3, -0.25) is 14.9 Å². The molecule has 0 radical (unpaired) electrons. The quantitative estimate of drug-likeness (QED) is 0.621. The number of benzene rings is 1. The number of nitro benzene ring substituents is 1. The number of nitrogens with one attached hydrogen (secondary N) is 1. The van der Waals surface area contributed by atoms with Crippen LogP contribution in [0.5, 0.6) is 0 Å². The maximum Gasteiger partial charge on any atom is 0.269 e. The summed E-state index contributed by atoms with van der Waals surface area (Å²) in [5.74, 6) is -0.251. The van der Waals surface area contributed by atoms with Crippen molar-refractivity contribution in [3.05, 3.63) is 39.4 Å². The first kappa shape index (κ1) is 12.5. The van der Waals surface area contributed by atoms with Gasteiger partial charge in [0.25, 0.3) is 11.6 Å². The Morgan fingerprint density at radius 3 is 2.67 bits per heavy atom. The van der Waals surface area contributed by atoms with E-state index >= 15 is 0 Å². The first-order valence-electron chi connectivity index (χ1n) is 5.71. The Kier molecular flexibility index (Phi) is 3.29. The topological polar surface area (TPSA) is 92.5 Å². The van der Waals surface area contributed by atoms with E-state index < -0.39 is 4.92 Å². The molecule has 6 nitrogen and oxygen atoms in total. The molecule has 1 aromatic rings. The number of aliphatic hydroxyl groups excluding tert-OH is 1. The van der Waals surface area contributed by atoms with E-state index in [0.717, 1.165) is 0 Å². The number of hydrogen-bond donors (Lipinski definition) is 2. The van der Waals surface area contributed by atoms with E-state index in [0.29, 0.717) is 24.0 Å². The Balaban J connectivity index is 2.08. The van der Waals surface area contributed by atoms with Crippen molar-refractivity contribution in [1.29, 1.82) is 0 Å². The molecule has 2 N–H and O–H groups in total. The summed E-state index contributed by atoms with van der Waals surface area (Å²) in [6.07, 6.45) is 0.809. The molecule has 1 aliphatic rings. The molecule has 2 rings (SSSR count). The predicted octanol–water partition coefficient (Wildman–Crippen LogP) is 1.16. The molecule has 1 saturated carbocycles. The summed E-state index contributed by atoms with van der Waals surface area (Å²) in [6.45, 7) is 1.66. The minimum atomic E-state index is -0.489. The Bertz CT molecular complexity index is 495. The van der Waals surface area contributed by atoms with Crippen LogP contribution >= 0.6 is 0 Å². The van der Waals surface area contributed by atoms with Crippen LogP contribution in [0.4, 0.5) is 5.69 Å². The highest BCUT2D eigenvalue weighted by Crippen LogP contribution is 2.21. The monoisotopic (exact) mass is 250 g/mol. The Hall–Kier alpha value is -1.95. The van der Waals surface area contributed by atoms with Gasteiger partial charge in [-0.15, -0.1) is 0 Å². The molecule has 1 aliphatic carbocycles. The van der Waals surface area contributed by atoms with Gasteiger partial charge in [-0.05, 0) is 31.4 Å². The molecular weight excluding hydrogens is 236 g/mol. The maximum atomic E-state index is 11.9. The van der Waals surface area contributed by atoms with Crippen LogP contribution in [0.15, 0.2) is 18.2 Å². The lowest BCUT2D eigenvalue weighted by molar-refractivity contribution is -0.384. The van der Waals surface area contributed by atoms with Gasteiger partial charge in [0.15, 0.2) is 0 Å². The van der Waals surface area contributed by atoms with Crippen LogP contribution in [-0.4, -0.2) is 28.1 Å².